The second-order valence-corrected chi connectivity index (χ2v) is 5.44. The number of carbonyl (C=O) groups excluding carboxylic acids is 2. The number of esters is 1. The van der Waals surface area contributed by atoms with E-state index in [1.165, 1.54) is 12.1 Å². The van der Waals surface area contributed by atoms with Crippen LogP contribution in [0.3, 0.4) is 0 Å². The molecule has 0 atom stereocenters. The number of rotatable bonds is 6. The van der Waals surface area contributed by atoms with Crippen LogP contribution >= 0.6 is 11.6 Å². The third-order valence-corrected chi connectivity index (χ3v) is 3.42. The molecule has 0 aliphatic carbocycles. The minimum atomic E-state index is -0.642. The third kappa shape index (κ3) is 5.41. The second-order valence-electron chi connectivity index (χ2n) is 5.00. The number of nitrogens with zero attached hydrogens (tertiary/aromatic N) is 1. The summed E-state index contributed by atoms with van der Waals surface area (Å²) in [5.41, 5.74) is 1.60. The molecule has 5 nitrogen and oxygen atoms in total. The molecular weight excluding hydrogens is 328 g/mol. The van der Waals surface area contributed by atoms with Crippen LogP contribution in [-0.4, -0.2) is 25.0 Å². The zero-order valence-electron chi connectivity index (χ0n) is 12.8. The molecule has 0 unspecified atom stereocenters. The Morgan fingerprint density at radius 1 is 1.17 bits per heavy atom. The highest BCUT2D eigenvalue weighted by Gasteiger charge is 2.10. The van der Waals surface area contributed by atoms with E-state index in [0.29, 0.717) is 23.6 Å². The van der Waals surface area contributed by atoms with Crippen molar-refractivity contribution in [3.63, 3.8) is 0 Å². The smallest absolute Gasteiger partial charge is 0.338 e. The minimum Gasteiger partial charge on any atom is -0.452 e. The first-order valence-electron chi connectivity index (χ1n) is 7.27. The fraction of sp³-hybridized carbons (Fsp3) is 0.167. The van der Waals surface area contributed by atoms with Crippen LogP contribution in [0.1, 0.15) is 21.5 Å². The second kappa shape index (κ2) is 8.70. The van der Waals surface area contributed by atoms with Crippen molar-refractivity contribution >= 4 is 23.5 Å². The molecule has 1 amide bonds. The summed E-state index contributed by atoms with van der Waals surface area (Å²) in [4.78, 5) is 23.5. The number of hydrogen-bond donors (Lipinski definition) is 1. The largest absolute Gasteiger partial charge is 0.452 e. The molecule has 2 aromatic rings. The zero-order valence-corrected chi connectivity index (χ0v) is 13.5. The average molecular weight is 343 g/mol. The summed E-state index contributed by atoms with van der Waals surface area (Å²) in [6, 6.07) is 15.4. The monoisotopic (exact) mass is 342 g/mol. The van der Waals surface area contributed by atoms with Gasteiger partial charge < -0.3 is 10.1 Å². The summed E-state index contributed by atoms with van der Waals surface area (Å²) in [7, 11) is 0. The van der Waals surface area contributed by atoms with Crippen LogP contribution in [0.2, 0.25) is 5.02 Å². The fourth-order valence-electron chi connectivity index (χ4n) is 2.02. The highest BCUT2D eigenvalue weighted by molar-refractivity contribution is 6.30. The molecule has 24 heavy (non-hydrogen) atoms. The molecule has 0 spiro atoms. The van der Waals surface area contributed by atoms with Crippen molar-refractivity contribution in [3.8, 4) is 6.07 Å². The predicted molar refractivity (Wildman–Crippen MR) is 89.6 cm³/mol. The SMILES string of the molecule is N#Cc1cccc(C(=O)OCC(=O)NCCc2cccc(Cl)c2)c1. The third-order valence-electron chi connectivity index (χ3n) is 3.19. The molecule has 0 fully saturated rings. The lowest BCUT2D eigenvalue weighted by atomic mass is 10.1. The fourth-order valence-corrected chi connectivity index (χ4v) is 2.23. The Bertz CT molecular complexity index is 784. The minimum absolute atomic E-state index is 0.237. The summed E-state index contributed by atoms with van der Waals surface area (Å²) in [6.45, 7) is 0.0474. The number of carbonyl (C=O) groups is 2. The standard InChI is InChI=1S/C18H15ClN2O3/c19-16-6-2-3-13(10-16)7-8-21-17(22)12-24-18(23)15-5-1-4-14(9-15)11-20/h1-6,9-10H,7-8,12H2,(H,21,22). The van der Waals surface area contributed by atoms with E-state index in [1.807, 2.05) is 24.3 Å². The zero-order chi connectivity index (χ0) is 17.4. The van der Waals surface area contributed by atoms with Gasteiger partial charge in [0.2, 0.25) is 0 Å². The predicted octanol–water partition coefficient (Wildman–Crippen LogP) is 2.73. The quantitative estimate of drug-likeness (QED) is 0.819. The first-order valence-corrected chi connectivity index (χ1v) is 7.64. The van der Waals surface area contributed by atoms with Crippen LogP contribution in [0.25, 0.3) is 0 Å². The Labute approximate surface area is 144 Å². The van der Waals surface area contributed by atoms with Gasteiger partial charge in [-0.2, -0.15) is 5.26 Å². The van der Waals surface area contributed by atoms with Gasteiger partial charge in [0.05, 0.1) is 17.2 Å². The van der Waals surface area contributed by atoms with E-state index in [2.05, 4.69) is 5.32 Å². The molecule has 0 saturated carbocycles. The van der Waals surface area contributed by atoms with Gasteiger partial charge in [-0.05, 0) is 42.3 Å². The van der Waals surface area contributed by atoms with E-state index in [9.17, 15) is 9.59 Å². The summed E-state index contributed by atoms with van der Waals surface area (Å²) >= 11 is 5.89. The summed E-state index contributed by atoms with van der Waals surface area (Å²) < 4.78 is 4.93. The lowest BCUT2D eigenvalue weighted by Gasteiger charge is -2.07. The molecule has 6 heteroatoms. The van der Waals surface area contributed by atoms with Gasteiger partial charge in [0.25, 0.3) is 5.91 Å². The maximum Gasteiger partial charge on any atom is 0.338 e. The van der Waals surface area contributed by atoms with Gasteiger partial charge in [0.15, 0.2) is 6.61 Å². The first kappa shape index (κ1) is 17.5. The topological polar surface area (TPSA) is 79.2 Å². The molecule has 0 aliphatic heterocycles. The van der Waals surface area contributed by atoms with E-state index in [0.717, 1.165) is 5.56 Å². The van der Waals surface area contributed by atoms with Gasteiger partial charge in [0.1, 0.15) is 0 Å². The van der Waals surface area contributed by atoms with Crippen molar-refractivity contribution in [2.24, 2.45) is 0 Å². The molecule has 0 aliphatic rings. The van der Waals surface area contributed by atoms with Crippen LogP contribution in [-0.2, 0) is 16.0 Å². The molecule has 0 bridgehead atoms. The Morgan fingerprint density at radius 2 is 1.96 bits per heavy atom. The van der Waals surface area contributed by atoms with Crippen LogP contribution < -0.4 is 5.32 Å². The van der Waals surface area contributed by atoms with E-state index in [-0.39, 0.29) is 18.1 Å². The van der Waals surface area contributed by atoms with Crippen molar-refractivity contribution in [1.29, 1.82) is 5.26 Å². The molecule has 0 heterocycles. The lowest BCUT2D eigenvalue weighted by molar-refractivity contribution is -0.124. The summed E-state index contributed by atoms with van der Waals surface area (Å²) in [5.74, 6) is -1.03. The average Bonchev–Trinajstić information content (AvgIpc) is 2.60. The van der Waals surface area contributed by atoms with Crippen molar-refractivity contribution in [2.75, 3.05) is 13.2 Å². The van der Waals surface area contributed by atoms with Crippen LogP contribution in [0, 0.1) is 11.3 Å². The molecule has 2 aromatic carbocycles. The maximum atomic E-state index is 11.8. The summed E-state index contributed by atoms with van der Waals surface area (Å²) in [6.07, 6.45) is 0.629. The number of halogens is 1. The molecule has 0 aromatic heterocycles. The van der Waals surface area contributed by atoms with Crippen molar-refractivity contribution in [2.45, 2.75) is 6.42 Å². The van der Waals surface area contributed by atoms with Gasteiger partial charge in [-0.25, -0.2) is 4.79 Å². The van der Waals surface area contributed by atoms with Crippen molar-refractivity contribution in [1.82, 2.24) is 5.32 Å². The first-order chi connectivity index (χ1) is 11.6. The Balaban J connectivity index is 1.74. The normalized spacial score (nSPS) is 9.83. The highest BCUT2D eigenvalue weighted by atomic mass is 35.5. The number of ether oxygens (including phenoxy) is 1. The van der Waals surface area contributed by atoms with Crippen LogP contribution in [0.5, 0.6) is 0 Å². The van der Waals surface area contributed by atoms with Gasteiger partial charge in [-0.3, -0.25) is 4.79 Å². The van der Waals surface area contributed by atoms with Crippen molar-refractivity contribution < 1.29 is 14.3 Å². The number of nitrogens with one attached hydrogen (secondary N) is 1. The molecule has 0 saturated heterocycles. The highest BCUT2D eigenvalue weighted by Crippen LogP contribution is 2.10. The van der Waals surface area contributed by atoms with E-state index in [1.54, 1.807) is 18.2 Å². The summed E-state index contributed by atoms with van der Waals surface area (Å²) in [5, 5.41) is 12.1. The number of benzene rings is 2. The molecule has 2 rings (SSSR count). The van der Waals surface area contributed by atoms with Crippen molar-refractivity contribution in [3.05, 3.63) is 70.2 Å². The molecule has 1 N–H and O–H groups in total. The number of hydrogen-bond acceptors (Lipinski definition) is 4. The van der Waals surface area contributed by atoms with Crippen LogP contribution in [0.4, 0.5) is 0 Å². The van der Waals surface area contributed by atoms with Gasteiger partial charge >= 0.3 is 5.97 Å². The van der Waals surface area contributed by atoms with Gasteiger partial charge in [-0.1, -0.05) is 29.8 Å². The Morgan fingerprint density at radius 3 is 2.71 bits per heavy atom. The number of nitriles is 1. The van der Waals surface area contributed by atoms with E-state index < -0.39 is 5.97 Å². The molecular formula is C18H15ClN2O3. The van der Waals surface area contributed by atoms with Gasteiger partial charge in [-0.15, -0.1) is 0 Å². The maximum absolute atomic E-state index is 11.8. The van der Waals surface area contributed by atoms with E-state index in [4.69, 9.17) is 21.6 Å². The molecule has 122 valence electrons. The van der Waals surface area contributed by atoms with E-state index >= 15 is 0 Å². The lowest BCUT2D eigenvalue weighted by Crippen LogP contribution is -2.30. The Kier molecular flexibility index (Phi) is 6.35. The number of amides is 1. The van der Waals surface area contributed by atoms with Crippen LogP contribution in [0.15, 0.2) is 48.5 Å². The van der Waals surface area contributed by atoms with Gasteiger partial charge in [0, 0.05) is 11.6 Å². The molecule has 0 radical (unpaired) electrons. The Hall–Kier alpha value is -2.84.